The van der Waals surface area contributed by atoms with Crippen molar-refractivity contribution in [3.63, 3.8) is 0 Å². The monoisotopic (exact) mass is 305 g/mol. The van der Waals surface area contributed by atoms with Gasteiger partial charge in [0.1, 0.15) is 11.6 Å². The Kier molecular flexibility index (Phi) is 4.73. The zero-order valence-corrected chi connectivity index (χ0v) is 14.6. The molecular formula is C17H27N3O2. The average Bonchev–Trinajstić information content (AvgIpc) is 2.50. The molecule has 5 nitrogen and oxygen atoms in total. The number of hydrogen-bond acceptors (Lipinski definition) is 5. The summed E-state index contributed by atoms with van der Waals surface area (Å²) in [6.45, 7) is 11.8. The van der Waals surface area contributed by atoms with Gasteiger partial charge in [-0.1, -0.05) is 0 Å². The summed E-state index contributed by atoms with van der Waals surface area (Å²) < 4.78 is 4.99. The minimum Gasteiger partial charge on any atom is -0.469 e. The minimum absolute atomic E-state index is 0.133. The van der Waals surface area contributed by atoms with Crippen molar-refractivity contribution in [2.24, 2.45) is 11.3 Å². The van der Waals surface area contributed by atoms with Crippen LogP contribution >= 0.6 is 0 Å². The zero-order chi connectivity index (χ0) is 16.5. The lowest BCUT2D eigenvalue weighted by Crippen LogP contribution is -2.45. The van der Waals surface area contributed by atoms with Gasteiger partial charge in [-0.25, -0.2) is 9.97 Å². The largest absolute Gasteiger partial charge is 0.469 e. The molecule has 0 aromatic carbocycles. The van der Waals surface area contributed by atoms with Crippen LogP contribution < -0.4 is 4.90 Å². The Morgan fingerprint density at radius 2 is 1.95 bits per heavy atom. The van der Waals surface area contributed by atoms with Crippen LogP contribution in [0.3, 0.4) is 0 Å². The van der Waals surface area contributed by atoms with E-state index >= 15 is 0 Å². The van der Waals surface area contributed by atoms with Crippen LogP contribution in [0.5, 0.6) is 0 Å². The van der Waals surface area contributed by atoms with Gasteiger partial charge in [-0.05, 0) is 53.4 Å². The Morgan fingerprint density at radius 1 is 1.27 bits per heavy atom. The highest BCUT2D eigenvalue weighted by atomic mass is 16.5. The van der Waals surface area contributed by atoms with Crippen molar-refractivity contribution < 1.29 is 9.53 Å². The number of carbonyl (C=O) groups excluding carboxylic acids is 1. The molecule has 0 bridgehead atoms. The Bertz CT molecular complexity index is 569. The number of methoxy groups -OCH3 is 1. The highest BCUT2D eigenvalue weighted by Gasteiger charge is 2.40. The van der Waals surface area contributed by atoms with Crippen molar-refractivity contribution in [3.05, 3.63) is 17.1 Å². The van der Waals surface area contributed by atoms with Gasteiger partial charge in [0.05, 0.1) is 12.5 Å². The first-order valence-corrected chi connectivity index (χ1v) is 7.92. The van der Waals surface area contributed by atoms with Crippen LogP contribution in [0.4, 0.5) is 5.82 Å². The molecule has 22 heavy (non-hydrogen) atoms. The smallest absolute Gasteiger partial charge is 0.311 e. The second-order valence-electron chi connectivity index (χ2n) is 6.80. The highest BCUT2D eigenvalue weighted by molar-refractivity contribution is 5.76. The molecule has 1 saturated heterocycles. The molecule has 0 N–H and O–H groups in total. The number of aromatic nitrogens is 2. The van der Waals surface area contributed by atoms with Crippen LogP contribution in [0.15, 0.2) is 0 Å². The molecule has 0 amide bonds. The third kappa shape index (κ3) is 3.08. The zero-order valence-electron chi connectivity index (χ0n) is 14.6. The van der Waals surface area contributed by atoms with Crippen molar-refractivity contribution in [3.8, 4) is 0 Å². The van der Waals surface area contributed by atoms with E-state index in [2.05, 4.69) is 21.8 Å². The molecule has 2 rings (SSSR count). The summed E-state index contributed by atoms with van der Waals surface area (Å²) in [5, 5.41) is 0. The van der Waals surface area contributed by atoms with E-state index in [-0.39, 0.29) is 11.9 Å². The summed E-state index contributed by atoms with van der Waals surface area (Å²) in [7, 11) is 1.46. The number of ether oxygens (including phenoxy) is 1. The van der Waals surface area contributed by atoms with Gasteiger partial charge in [0.25, 0.3) is 0 Å². The van der Waals surface area contributed by atoms with Gasteiger partial charge in [-0.15, -0.1) is 0 Å². The third-order valence-electron chi connectivity index (χ3n) is 4.93. The van der Waals surface area contributed by atoms with Gasteiger partial charge in [0, 0.05) is 24.3 Å². The molecule has 1 atom stereocenters. The lowest BCUT2D eigenvalue weighted by Gasteiger charge is -2.40. The molecule has 1 fully saturated rings. The molecule has 0 spiro atoms. The van der Waals surface area contributed by atoms with Crippen molar-refractivity contribution in [1.29, 1.82) is 0 Å². The van der Waals surface area contributed by atoms with Gasteiger partial charge in [-0.2, -0.15) is 0 Å². The van der Waals surface area contributed by atoms with Crippen LogP contribution in [-0.2, 0) is 9.53 Å². The summed E-state index contributed by atoms with van der Waals surface area (Å²) in [6.07, 6.45) is 2.10. The highest BCUT2D eigenvalue weighted by Crippen LogP contribution is 2.36. The summed E-state index contributed by atoms with van der Waals surface area (Å²) >= 11 is 0. The molecule has 5 heteroatoms. The molecule has 0 radical (unpaired) electrons. The van der Waals surface area contributed by atoms with Gasteiger partial charge in [0.2, 0.25) is 0 Å². The number of hydrogen-bond donors (Lipinski definition) is 0. The second-order valence-corrected chi connectivity index (χ2v) is 6.80. The van der Waals surface area contributed by atoms with Crippen molar-refractivity contribution in [2.75, 3.05) is 25.1 Å². The summed E-state index contributed by atoms with van der Waals surface area (Å²) in [5.74, 6) is 1.94. The van der Waals surface area contributed by atoms with Crippen LogP contribution in [0.1, 0.15) is 43.8 Å². The average molecular weight is 305 g/mol. The van der Waals surface area contributed by atoms with Gasteiger partial charge >= 0.3 is 5.97 Å². The van der Waals surface area contributed by atoms with Crippen LogP contribution in [0.2, 0.25) is 0 Å². The number of esters is 1. The molecule has 1 aliphatic heterocycles. The van der Waals surface area contributed by atoms with E-state index in [9.17, 15) is 4.79 Å². The third-order valence-corrected chi connectivity index (χ3v) is 4.93. The lowest BCUT2D eigenvalue weighted by molar-refractivity contribution is -0.154. The molecule has 1 aromatic heterocycles. The SMILES string of the molecule is COC(=O)C(C)(C)C1CCCN(c2nc(C)nc(C)c2C)C1. The predicted molar refractivity (Wildman–Crippen MR) is 87.0 cm³/mol. The van der Waals surface area contributed by atoms with E-state index in [1.165, 1.54) is 7.11 Å². The molecule has 1 aromatic rings. The van der Waals surface area contributed by atoms with E-state index in [0.717, 1.165) is 48.8 Å². The Hall–Kier alpha value is -1.65. The van der Waals surface area contributed by atoms with Crippen molar-refractivity contribution in [2.45, 2.75) is 47.5 Å². The maximum atomic E-state index is 12.1. The first-order valence-electron chi connectivity index (χ1n) is 7.92. The maximum absolute atomic E-state index is 12.1. The van der Waals surface area contributed by atoms with E-state index in [1.807, 2.05) is 27.7 Å². The van der Waals surface area contributed by atoms with Gasteiger partial charge in [0.15, 0.2) is 0 Å². The molecule has 0 saturated carbocycles. The molecule has 1 aliphatic rings. The quantitative estimate of drug-likeness (QED) is 0.804. The van der Waals surface area contributed by atoms with Crippen molar-refractivity contribution >= 4 is 11.8 Å². The number of aryl methyl sites for hydroxylation is 2. The Balaban J connectivity index is 2.27. The molecule has 0 aliphatic carbocycles. The van der Waals surface area contributed by atoms with Gasteiger partial charge < -0.3 is 9.64 Å². The number of piperidine rings is 1. The number of rotatable bonds is 3. The fourth-order valence-corrected chi connectivity index (χ4v) is 3.25. The van der Waals surface area contributed by atoms with E-state index in [0.29, 0.717) is 0 Å². The Morgan fingerprint density at radius 3 is 2.59 bits per heavy atom. The maximum Gasteiger partial charge on any atom is 0.311 e. The van der Waals surface area contributed by atoms with Crippen LogP contribution in [0, 0.1) is 32.1 Å². The van der Waals surface area contributed by atoms with E-state index in [1.54, 1.807) is 0 Å². The fourth-order valence-electron chi connectivity index (χ4n) is 3.25. The molecule has 2 heterocycles. The van der Waals surface area contributed by atoms with E-state index in [4.69, 9.17) is 4.74 Å². The first kappa shape index (κ1) is 16.7. The number of anilines is 1. The fraction of sp³-hybridized carbons (Fsp3) is 0.706. The van der Waals surface area contributed by atoms with Crippen LogP contribution in [-0.4, -0.2) is 36.1 Å². The normalized spacial score (nSPS) is 19.2. The topological polar surface area (TPSA) is 55.3 Å². The minimum atomic E-state index is -0.474. The summed E-state index contributed by atoms with van der Waals surface area (Å²) in [6, 6.07) is 0. The molecule has 1 unspecified atom stereocenters. The second kappa shape index (κ2) is 6.23. The lowest BCUT2D eigenvalue weighted by atomic mass is 9.74. The standard InChI is InChI=1S/C17H27N3O2/c1-11-12(2)18-13(3)19-15(11)20-9-7-8-14(10-20)17(4,5)16(21)22-6/h14H,7-10H2,1-6H3. The number of carbonyl (C=O) groups is 1. The van der Waals surface area contributed by atoms with Crippen molar-refractivity contribution in [1.82, 2.24) is 9.97 Å². The van der Waals surface area contributed by atoms with Gasteiger partial charge in [-0.3, -0.25) is 4.79 Å². The van der Waals surface area contributed by atoms with E-state index < -0.39 is 5.41 Å². The van der Waals surface area contributed by atoms with Crippen LogP contribution in [0.25, 0.3) is 0 Å². The summed E-state index contributed by atoms with van der Waals surface area (Å²) in [4.78, 5) is 23.4. The molecule has 122 valence electrons. The predicted octanol–water partition coefficient (Wildman–Crippen LogP) is 2.82. The number of nitrogens with zero attached hydrogens (tertiary/aromatic N) is 3. The summed E-state index contributed by atoms with van der Waals surface area (Å²) in [5.41, 5.74) is 1.68. The Labute approximate surface area is 133 Å². The first-order chi connectivity index (χ1) is 10.3. The molecular weight excluding hydrogens is 278 g/mol.